The summed E-state index contributed by atoms with van der Waals surface area (Å²) in [6, 6.07) is 0. The van der Waals surface area contributed by atoms with Crippen LogP contribution < -0.4 is 0 Å². The molecule has 1 unspecified atom stereocenters. The van der Waals surface area contributed by atoms with Gasteiger partial charge in [-0.15, -0.1) is 0 Å². The first-order chi connectivity index (χ1) is 6.38. The van der Waals surface area contributed by atoms with E-state index < -0.39 is 0 Å². The Bertz CT molecular complexity index is 269. The minimum atomic E-state index is -0.125. The SMILES string of the molecule is CC(=O)OC1C[C@@H]2CC[C@@]1(C)C2(C)C. The van der Waals surface area contributed by atoms with Crippen molar-refractivity contribution in [1.82, 2.24) is 0 Å². The molecule has 2 aliphatic carbocycles. The van der Waals surface area contributed by atoms with Crippen molar-refractivity contribution in [2.75, 3.05) is 0 Å². The number of fused-ring (bicyclic) bond motifs is 2. The Morgan fingerprint density at radius 1 is 1.36 bits per heavy atom. The zero-order chi connectivity index (χ0) is 10.6. The van der Waals surface area contributed by atoms with Crippen molar-refractivity contribution < 1.29 is 9.53 Å². The molecule has 2 rings (SSSR count). The third-order valence-corrected chi connectivity index (χ3v) is 5.02. The predicted octanol–water partition coefficient (Wildman–Crippen LogP) is 2.76. The van der Waals surface area contributed by atoms with E-state index in [1.807, 2.05) is 0 Å². The maximum atomic E-state index is 11.0. The van der Waals surface area contributed by atoms with Gasteiger partial charge in [0.25, 0.3) is 0 Å². The van der Waals surface area contributed by atoms with Crippen molar-refractivity contribution in [2.24, 2.45) is 16.7 Å². The van der Waals surface area contributed by atoms with Gasteiger partial charge in [0.15, 0.2) is 0 Å². The normalized spacial score (nSPS) is 44.0. The molecule has 0 saturated heterocycles. The number of carbonyl (C=O) groups excluding carboxylic acids is 1. The van der Waals surface area contributed by atoms with E-state index in [0.29, 0.717) is 5.41 Å². The van der Waals surface area contributed by atoms with Crippen LogP contribution in [-0.4, -0.2) is 12.1 Å². The predicted molar refractivity (Wildman–Crippen MR) is 54.8 cm³/mol. The molecule has 2 bridgehead atoms. The number of carbonyl (C=O) groups is 1. The van der Waals surface area contributed by atoms with Crippen LogP contribution >= 0.6 is 0 Å². The molecule has 80 valence electrons. The van der Waals surface area contributed by atoms with Crippen molar-refractivity contribution in [3.8, 4) is 0 Å². The van der Waals surface area contributed by atoms with E-state index in [9.17, 15) is 4.79 Å². The maximum Gasteiger partial charge on any atom is 0.302 e. The molecular formula is C12H20O2. The van der Waals surface area contributed by atoms with Crippen LogP contribution in [0.2, 0.25) is 0 Å². The quantitative estimate of drug-likeness (QED) is 0.603. The Morgan fingerprint density at radius 3 is 2.36 bits per heavy atom. The van der Waals surface area contributed by atoms with Gasteiger partial charge in [0.2, 0.25) is 0 Å². The Hall–Kier alpha value is -0.530. The number of hydrogen-bond donors (Lipinski definition) is 0. The van der Waals surface area contributed by atoms with Gasteiger partial charge in [-0.05, 0) is 30.6 Å². The van der Waals surface area contributed by atoms with Crippen molar-refractivity contribution >= 4 is 5.97 Å². The van der Waals surface area contributed by atoms with E-state index in [2.05, 4.69) is 20.8 Å². The molecule has 0 spiro atoms. The Balaban J connectivity index is 2.23. The molecule has 0 N–H and O–H groups in total. The molecule has 0 aromatic carbocycles. The summed E-state index contributed by atoms with van der Waals surface area (Å²) in [6.07, 6.45) is 3.75. The third kappa shape index (κ3) is 1.06. The van der Waals surface area contributed by atoms with Crippen LogP contribution in [0.25, 0.3) is 0 Å². The summed E-state index contributed by atoms with van der Waals surface area (Å²) in [5.41, 5.74) is 0.552. The fourth-order valence-electron chi connectivity index (χ4n) is 3.51. The highest BCUT2D eigenvalue weighted by molar-refractivity contribution is 5.66. The second kappa shape index (κ2) is 2.74. The summed E-state index contributed by atoms with van der Waals surface area (Å²) in [5.74, 6) is 0.622. The van der Waals surface area contributed by atoms with Crippen LogP contribution in [0.3, 0.4) is 0 Å². The molecule has 0 aromatic rings. The maximum absolute atomic E-state index is 11.0. The summed E-state index contributed by atoms with van der Waals surface area (Å²) < 4.78 is 5.44. The summed E-state index contributed by atoms with van der Waals surface area (Å²) in [4.78, 5) is 11.0. The fraction of sp³-hybridized carbons (Fsp3) is 0.917. The van der Waals surface area contributed by atoms with Gasteiger partial charge in [0.05, 0.1) is 0 Å². The first-order valence-electron chi connectivity index (χ1n) is 5.55. The highest BCUT2D eigenvalue weighted by Crippen LogP contribution is 2.66. The average Bonchev–Trinajstić information content (AvgIpc) is 2.35. The topological polar surface area (TPSA) is 26.3 Å². The summed E-state index contributed by atoms with van der Waals surface area (Å²) in [6.45, 7) is 8.46. The molecule has 0 aromatic heterocycles. The number of hydrogen-bond acceptors (Lipinski definition) is 2. The lowest BCUT2D eigenvalue weighted by molar-refractivity contribution is -0.154. The third-order valence-electron chi connectivity index (χ3n) is 5.02. The second-order valence-corrected chi connectivity index (χ2v) is 5.71. The lowest BCUT2D eigenvalue weighted by Gasteiger charge is -2.38. The van der Waals surface area contributed by atoms with Gasteiger partial charge >= 0.3 is 5.97 Å². The van der Waals surface area contributed by atoms with Crippen LogP contribution in [0.15, 0.2) is 0 Å². The van der Waals surface area contributed by atoms with Crippen molar-refractivity contribution in [3.05, 3.63) is 0 Å². The van der Waals surface area contributed by atoms with Crippen LogP contribution in [0.1, 0.15) is 47.0 Å². The Morgan fingerprint density at radius 2 is 2.00 bits per heavy atom. The molecule has 2 nitrogen and oxygen atoms in total. The van der Waals surface area contributed by atoms with Crippen LogP contribution in [0.5, 0.6) is 0 Å². The molecule has 3 atom stereocenters. The molecule has 2 fully saturated rings. The molecule has 14 heavy (non-hydrogen) atoms. The van der Waals surface area contributed by atoms with Gasteiger partial charge in [-0.3, -0.25) is 4.79 Å². The minimum Gasteiger partial charge on any atom is -0.462 e. The first-order valence-corrected chi connectivity index (χ1v) is 5.55. The van der Waals surface area contributed by atoms with Gasteiger partial charge in [-0.2, -0.15) is 0 Å². The molecule has 0 amide bonds. The van der Waals surface area contributed by atoms with Crippen molar-refractivity contribution in [1.29, 1.82) is 0 Å². The average molecular weight is 196 g/mol. The molecule has 0 radical (unpaired) electrons. The van der Waals surface area contributed by atoms with Crippen LogP contribution in [0, 0.1) is 16.7 Å². The van der Waals surface area contributed by atoms with E-state index in [4.69, 9.17) is 4.74 Å². The zero-order valence-corrected chi connectivity index (χ0v) is 9.59. The Labute approximate surface area is 86.0 Å². The second-order valence-electron chi connectivity index (χ2n) is 5.71. The molecule has 0 heterocycles. The van der Waals surface area contributed by atoms with E-state index in [1.165, 1.54) is 19.8 Å². The smallest absolute Gasteiger partial charge is 0.302 e. The van der Waals surface area contributed by atoms with Crippen molar-refractivity contribution in [3.63, 3.8) is 0 Å². The molecular weight excluding hydrogens is 176 g/mol. The summed E-state index contributed by atoms with van der Waals surface area (Å²) >= 11 is 0. The molecule has 0 aliphatic heterocycles. The number of rotatable bonds is 1. The monoisotopic (exact) mass is 196 g/mol. The highest BCUT2D eigenvalue weighted by Gasteiger charge is 2.62. The van der Waals surface area contributed by atoms with Crippen LogP contribution in [-0.2, 0) is 9.53 Å². The number of ether oxygens (including phenoxy) is 1. The van der Waals surface area contributed by atoms with Gasteiger partial charge in [-0.25, -0.2) is 0 Å². The van der Waals surface area contributed by atoms with Crippen LogP contribution in [0.4, 0.5) is 0 Å². The summed E-state index contributed by atoms with van der Waals surface area (Å²) in [5, 5.41) is 0. The first kappa shape index (κ1) is 10.0. The van der Waals surface area contributed by atoms with Gasteiger partial charge < -0.3 is 4.74 Å². The number of esters is 1. The lowest BCUT2D eigenvalue weighted by atomic mass is 9.70. The van der Waals surface area contributed by atoms with E-state index >= 15 is 0 Å². The summed E-state index contributed by atoms with van der Waals surface area (Å²) in [7, 11) is 0. The van der Waals surface area contributed by atoms with Gasteiger partial charge in [0.1, 0.15) is 6.10 Å². The largest absolute Gasteiger partial charge is 0.462 e. The molecule has 2 aliphatic rings. The standard InChI is InChI=1S/C12H20O2/c1-8(13)14-10-7-9-5-6-12(10,4)11(9,2)3/h9-10H,5-7H2,1-4H3/t9-,10?,12+/m0/s1. The van der Waals surface area contributed by atoms with Gasteiger partial charge in [-0.1, -0.05) is 20.8 Å². The zero-order valence-electron chi connectivity index (χ0n) is 9.59. The van der Waals surface area contributed by atoms with E-state index in [-0.39, 0.29) is 17.5 Å². The fourth-order valence-corrected chi connectivity index (χ4v) is 3.51. The lowest BCUT2D eigenvalue weighted by Crippen LogP contribution is -2.37. The molecule has 2 saturated carbocycles. The Kier molecular flexibility index (Phi) is 1.96. The molecule has 2 heteroatoms. The van der Waals surface area contributed by atoms with E-state index in [0.717, 1.165) is 12.3 Å². The van der Waals surface area contributed by atoms with Gasteiger partial charge in [0, 0.05) is 12.3 Å². The van der Waals surface area contributed by atoms with E-state index in [1.54, 1.807) is 0 Å². The highest BCUT2D eigenvalue weighted by atomic mass is 16.5. The van der Waals surface area contributed by atoms with Crippen molar-refractivity contribution in [2.45, 2.75) is 53.1 Å². The minimum absolute atomic E-state index is 0.125.